The number of hydrogen-bond donors (Lipinski definition) is 2. The fraction of sp³-hybridized carbons (Fsp3) is 0.474. The summed E-state index contributed by atoms with van der Waals surface area (Å²) in [7, 11) is 3.16. The van der Waals surface area contributed by atoms with Gasteiger partial charge in [0, 0.05) is 44.2 Å². The fourth-order valence-corrected chi connectivity index (χ4v) is 2.99. The van der Waals surface area contributed by atoms with Crippen molar-refractivity contribution in [1.82, 2.24) is 5.32 Å². The average Bonchev–Trinajstić information content (AvgIpc) is 2.67. The van der Waals surface area contributed by atoms with Crippen LogP contribution in [0.1, 0.15) is 6.92 Å². The SMILES string of the molecule is CCOC1(OC)C=CC(NCC(O)COc2cc(Cl)ccc2Cl)=CC1OC. The molecule has 27 heavy (non-hydrogen) atoms. The predicted molar refractivity (Wildman–Crippen MR) is 105 cm³/mol. The van der Waals surface area contributed by atoms with Crippen LogP contribution >= 0.6 is 23.2 Å². The average molecular weight is 418 g/mol. The molecule has 2 N–H and O–H groups in total. The maximum absolute atomic E-state index is 10.2. The lowest BCUT2D eigenvalue weighted by atomic mass is 10.0. The summed E-state index contributed by atoms with van der Waals surface area (Å²) in [6.07, 6.45) is 4.29. The maximum atomic E-state index is 10.2. The van der Waals surface area contributed by atoms with E-state index >= 15 is 0 Å². The smallest absolute Gasteiger partial charge is 0.218 e. The lowest BCUT2D eigenvalue weighted by Gasteiger charge is -2.36. The first-order valence-electron chi connectivity index (χ1n) is 8.56. The van der Waals surface area contributed by atoms with E-state index in [4.69, 9.17) is 42.1 Å². The van der Waals surface area contributed by atoms with E-state index in [0.717, 1.165) is 5.70 Å². The number of hydrogen-bond acceptors (Lipinski definition) is 6. The predicted octanol–water partition coefficient (Wildman–Crippen LogP) is 3.17. The van der Waals surface area contributed by atoms with Gasteiger partial charge in [-0.25, -0.2) is 0 Å². The molecule has 0 radical (unpaired) electrons. The number of aliphatic hydroxyl groups is 1. The standard InChI is InChI=1S/C19H25Cl2NO5/c1-4-27-19(25-3)8-7-14(10-18(19)24-2)22-11-15(23)12-26-17-9-13(20)5-6-16(17)21/h5-10,15,18,22-23H,4,11-12H2,1-3H3. The zero-order valence-electron chi connectivity index (χ0n) is 15.6. The molecule has 8 heteroatoms. The van der Waals surface area contributed by atoms with E-state index < -0.39 is 18.0 Å². The van der Waals surface area contributed by atoms with Crippen molar-refractivity contribution < 1.29 is 24.1 Å². The van der Waals surface area contributed by atoms with E-state index in [2.05, 4.69) is 5.32 Å². The molecule has 6 nitrogen and oxygen atoms in total. The van der Waals surface area contributed by atoms with Crippen molar-refractivity contribution in [2.75, 3.05) is 34.0 Å². The van der Waals surface area contributed by atoms with Crippen molar-refractivity contribution in [2.45, 2.75) is 24.9 Å². The highest BCUT2D eigenvalue weighted by Gasteiger charge is 2.39. The molecular weight excluding hydrogens is 393 g/mol. The number of benzene rings is 1. The second-order valence-electron chi connectivity index (χ2n) is 5.89. The normalized spacial score (nSPS) is 23.0. The Labute approximate surface area is 169 Å². The summed E-state index contributed by atoms with van der Waals surface area (Å²) < 4.78 is 22.2. The molecule has 1 aromatic carbocycles. The van der Waals surface area contributed by atoms with Gasteiger partial charge in [-0.3, -0.25) is 0 Å². The Morgan fingerprint density at radius 3 is 2.74 bits per heavy atom. The second kappa shape index (κ2) is 10.3. The van der Waals surface area contributed by atoms with Crippen LogP contribution < -0.4 is 10.1 Å². The Bertz CT molecular complexity index is 682. The van der Waals surface area contributed by atoms with Gasteiger partial charge in [-0.05, 0) is 37.3 Å². The van der Waals surface area contributed by atoms with Crippen LogP contribution in [0.5, 0.6) is 5.75 Å². The monoisotopic (exact) mass is 417 g/mol. The van der Waals surface area contributed by atoms with E-state index in [0.29, 0.717) is 22.4 Å². The molecular formula is C19H25Cl2NO5. The van der Waals surface area contributed by atoms with Gasteiger partial charge in [0.05, 0.1) is 5.02 Å². The van der Waals surface area contributed by atoms with Gasteiger partial charge >= 0.3 is 0 Å². The third-order valence-corrected chi connectivity index (χ3v) is 4.58. The summed E-state index contributed by atoms with van der Waals surface area (Å²) >= 11 is 12.0. The molecule has 0 spiro atoms. The minimum atomic E-state index is -0.959. The van der Waals surface area contributed by atoms with Gasteiger partial charge in [0.2, 0.25) is 5.79 Å². The van der Waals surface area contributed by atoms with Crippen molar-refractivity contribution >= 4 is 23.2 Å². The summed E-state index contributed by atoms with van der Waals surface area (Å²) in [5.74, 6) is -0.527. The van der Waals surface area contributed by atoms with Gasteiger partial charge in [0.15, 0.2) is 0 Å². The Morgan fingerprint density at radius 1 is 1.30 bits per heavy atom. The molecule has 1 aromatic rings. The van der Waals surface area contributed by atoms with E-state index in [-0.39, 0.29) is 13.2 Å². The van der Waals surface area contributed by atoms with Gasteiger partial charge in [0.1, 0.15) is 24.6 Å². The largest absolute Gasteiger partial charge is 0.489 e. The highest BCUT2D eigenvalue weighted by Crippen LogP contribution is 2.29. The van der Waals surface area contributed by atoms with E-state index in [1.807, 2.05) is 19.1 Å². The lowest BCUT2D eigenvalue weighted by molar-refractivity contribution is -0.232. The number of nitrogens with one attached hydrogen (secondary N) is 1. The molecule has 2 rings (SSSR count). The number of rotatable bonds is 10. The zero-order valence-corrected chi connectivity index (χ0v) is 17.1. The fourth-order valence-electron chi connectivity index (χ4n) is 2.65. The molecule has 3 unspecified atom stereocenters. The molecule has 0 saturated carbocycles. The molecule has 150 valence electrons. The molecule has 1 aliphatic rings. The van der Waals surface area contributed by atoms with Crippen LogP contribution in [0.2, 0.25) is 10.0 Å². The van der Waals surface area contributed by atoms with Crippen LogP contribution in [0.15, 0.2) is 42.1 Å². The van der Waals surface area contributed by atoms with Crippen molar-refractivity contribution in [2.24, 2.45) is 0 Å². The molecule has 0 saturated heterocycles. The molecule has 0 heterocycles. The first kappa shape index (κ1) is 22.0. The molecule has 0 aliphatic heterocycles. The maximum Gasteiger partial charge on any atom is 0.218 e. The Balaban J connectivity index is 1.88. The van der Waals surface area contributed by atoms with Crippen LogP contribution in [-0.4, -0.2) is 57.1 Å². The summed E-state index contributed by atoms with van der Waals surface area (Å²) in [6, 6.07) is 4.93. The highest BCUT2D eigenvalue weighted by molar-refractivity contribution is 6.34. The highest BCUT2D eigenvalue weighted by atomic mass is 35.5. The third kappa shape index (κ3) is 5.85. The molecule has 3 atom stereocenters. The van der Waals surface area contributed by atoms with Crippen LogP contribution in [0.4, 0.5) is 0 Å². The number of halogens is 2. The quantitative estimate of drug-likeness (QED) is 0.569. The number of allylic oxidation sites excluding steroid dienone is 1. The van der Waals surface area contributed by atoms with E-state index in [1.165, 1.54) is 0 Å². The third-order valence-electron chi connectivity index (χ3n) is 4.03. The van der Waals surface area contributed by atoms with Crippen molar-refractivity contribution in [3.05, 3.63) is 52.2 Å². The van der Waals surface area contributed by atoms with Gasteiger partial charge in [-0.2, -0.15) is 0 Å². The Kier molecular flexibility index (Phi) is 8.41. The molecule has 0 fully saturated rings. The van der Waals surface area contributed by atoms with Gasteiger partial charge in [0.25, 0.3) is 0 Å². The Hall–Kier alpha value is -1.28. The lowest BCUT2D eigenvalue weighted by Crippen LogP contribution is -2.47. The van der Waals surface area contributed by atoms with Crippen LogP contribution in [0, 0.1) is 0 Å². The van der Waals surface area contributed by atoms with Gasteiger partial charge < -0.3 is 29.4 Å². The summed E-state index contributed by atoms with van der Waals surface area (Å²) in [5, 5.41) is 14.3. The summed E-state index contributed by atoms with van der Waals surface area (Å²) in [5.41, 5.74) is 0.786. The number of methoxy groups -OCH3 is 2. The number of aliphatic hydroxyl groups excluding tert-OH is 1. The van der Waals surface area contributed by atoms with Crippen LogP contribution in [0.3, 0.4) is 0 Å². The second-order valence-corrected chi connectivity index (χ2v) is 6.73. The van der Waals surface area contributed by atoms with Gasteiger partial charge in [-0.1, -0.05) is 23.2 Å². The molecule has 0 bridgehead atoms. The van der Waals surface area contributed by atoms with Gasteiger partial charge in [-0.15, -0.1) is 0 Å². The van der Waals surface area contributed by atoms with Crippen molar-refractivity contribution in [3.8, 4) is 5.75 Å². The molecule has 1 aliphatic carbocycles. The van der Waals surface area contributed by atoms with Crippen molar-refractivity contribution in [3.63, 3.8) is 0 Å². The first-order valence-corrected chi connectivity index (χ1v) is 9.32. The minimum absolute atomic E-state index is 0.0682. The van der Waals surface area contributed by atoms with Crippen molar-refractivity contribution in [1.29, 1.82) is 0 Å². The van der Waals surface area contributed by atoms with Crippen LogP contribution in [-0.2, 0) is 14.2 Å². The number of ether oxygens (including phenoxy) is 4. The van der Waals surface area contributed by atoms with E-state index in [9.17, 15) is 5.11 Å². The first-order chi connectivity index (χ1) is 12.9. The Morgan fingerprint density at radius 2 is 2.07 bits per heavy atom. The minimum Gasteiger partial charge on any atom is -0.489 e. The van der Waals surface area contributed by atoms with Crippen LogP contribution in [0.25, 0.3) is 0 Å². The molecule has 0 amide bonds. The zero-order chi connectivity index (χ0) is 19.9. The summed E-state index contributed by atoms with van der Waals surface area (Å²) in [6.45, 7) is 2.72. The topological polar surface area (TPSA) is 69.2 Å². The molecule has 0 aromatic heterocycles. The summed E-state index contributed by atoms with van der Waals surface area (Å²) in [4.78, 5) is 0. The van der Waals surface area contributed by atoms with E-state index in [1.54, 1.807) is 38.5 Å².